The fourth-order valence-electron chi connectivity index (χ4n) is 6.58. The summed E-state index contributed by atoms with van der Waals surface area (Å²) in [6.45, 7) is 7.69. The molecular formula is C28H31Cl2F2N3O3. The highest BCUT2D eigenvalue weighted by Crippen LogP contribution is 2.57. The van der Waals surface area contributed by atoms with Gasteiger partial charge in [0.15, 0.2) is 5.82 Å². The van der Waals surface area contributed by atoms with Gasteiger partial charge in [0.2, 0.25) is 11.8 Å². The van der Waals surface area contributed by atoms with Crippen LogP contribution < -0.4 is 16.0 Å². The van der Waals surface area contributed by atoms with Crippen LogP contribution in [0.5, 0.6) is 0 Å². The number of aliphatic hydroxyl groups is 1. The number of carbonyl (C=O) groups is 2. The first-order chi connectivity index (χ1) is 17.7. The zero-order valence-corrected chi connectivity index (χ0v) is 23.1. The number of hydrogen-bond donors (Lipinski definition) is 4. The molecule has 1 saturated heterocycles. The molecule has 38 heavy (non-hydrogen) atoms. The van der Waals surface area contributed by atoms with E-state index in [1.165, 1.54) is 18.2 Å². The highest BCUT2D eigenvalue weighted by Gasteiger charge is 2.66. The molecule has 2 aliphatic heterocycles. The van der Waals surface area contributed by atoms with E-state index in [2.05, 4.69) is 16.0 Å². The van der Waals surface area contributed by atoms with Crippen molar-refractivity contribution in [3.05, 3.63) is 63.1 Å². The van der Waals surface area contributed by atoms with Gasteiger partial charge in [0, 0.05) is 18.0 Å². The van der Waals surface area contributed by atoms with E-state index in [9.17, 15) is 14.7 Å². The van der Waals surface area contributed by atoms with E-state index in [0.29, 0.717) is 24.8 Å². The van der Waals surface area contributed by atoms with Crippen LogP contribution in [0.4, 0.5) is 14.5 Å². The zero-order chi connectivity index (χ0) is 27.8. The number of hydrogen-bond acceptors (Lipinski definition) is 4. The fourth-order valence-corrected chi connectivity index (χ4v) is 6.91. The van der Waals surface area contributed by atoms with Crippen LogP contribution in [0.15, 0.2) is 30.3 Å². The minimum atomic E-state index is -1.54. The molecule has 0 aromatic heterocycles. The lowest BCUT2D eigenvalue weighted by Gasteiger charge is -2.42. The number of benzene rings is 2. The first-order valence-corrected chi connectivity index (χ1v) is 13.4. The Kier molecular flexibility index (Phi) is 6.58. The molecule has 2 fully saturated rings. The number of amides is 2. The summed E-state index contributed by atoms with van der Waals surface area (Å²) in [5.41, 5.74) is -2.37. The molecule has 2 amide bonds. The highest BCUT2D eigenvalue weighted by atomic mass is 35.5. The van der Waals surface area contributed by atoms with E-state index in [0.717, 1.165) is 0 Å². The Hall–Kier alpha value is -2.26. The van der Waals surface area contributed by atoms with E-state index in [1.54, 1.807) is 19.1 Å². The number of carbonyl (C=O) groups excluding carboxylic acids is 2. The number of rotatable bonds is 4. The molecule has 1 spiro atoms. The first kappa shape index (κ1) is 27.3. The number of nitrogens with one attached hydrogen (secondary N) is 3. The van der Waals surface area contributed by atoms with Crippen molar-refractivity contribution in [3.63, 3.8) is 0 Å². The van der Waals surface area contributed by atoms with Crippen molar-refractivity contribution in [1.29, 1.82) is 0 Å². The molecule has 1 saturated carbocycles. The van der Waals surface area contributed by atoms with Crippen molar-refractivity contribution < 1.29 is 23.5 Å². The minimum Gasteiger partial charge on any atom is -0.390 e. The molecule has 1 aliphatic carbocycles. The molecule has 0 radical (unpaired) electrons. The number of fused-ring (bicyclic) bond motifs is 2. The summed E-state index contributed by atoms with van der Waals surface area (Å²) in [5, 5.41) is 18.8. The van der Waals surface area contributed by atoms with Crippen LogP contribution in [0.1, 0.15) is 64.0 Å². The van der Waals surface area contributed by atoms with Crippen molar-refractivity contribution in [2.45, 2.75) is 82.0 Å². The van der Waals surface area contributed by atoms with E-state index >= 15 is 8.78 Å². The van der Waals surface area contributed by atoms with Gasteiger partial charge in [-0.1, -0.05) is 62.2 Å². The highest BCUT2D eigenvalue weighted by molar-refractivity contribution is 6.31. The molecular weight excluding hydrogens is 535 g/mol. The van der Waals surface area contributed by atoms with Gasteiger partial charge < -0.3 is 21.1 Å². The molecule has 10 heteroatoms. The lowest BCUT2D eigenvalue weighted by Crippen LogP contribution is -2.57. The maximum absolute atomic E-state index is 15.7. The molecule has 2 heterocycles. The molecule has 4 N–H and O–H groups in total. The molecule has 204 valence electrons. The van der Waals surface area contributed by atoms with Gasteiger partial charge in [-0.05, 0) is 54.9 Å². The maximum Gasteiger partial charge on any atom is 0.238 e. The summed E-state index contributed by atoms with van der Waals surface area (Å²) in [6, 6.07) is 5.47. The summed E-state index contributed by atoms with van der Waals surface area (Å²) in [6.07, 6.45) is 1.18. The van der Waals surface area contributed by atoms with Crippen molar-refractivity contribution in [2.75, 3.05) is 5.32 Å². The van der Waals surface area contributed by atoms with Crippen molar-refractivity contribution in [3.8, 4) is 0 Å². The fraction of sp³-hybridized carbons (Fsp3) is 0.500. The average Bonchev–Trinajstić information content (AvgIpc) is 3.27. The van der Waals surface area contributed by atoms with Crippen LogP contribution in [0, 0.1) is 17.0 Å². The Morgan fingerprint density at radius 3 is 2.42 bits per heavy atom. The predicted octanol–water partition coefficient (Wildman–Crippen LogP) is 5.05. The Morgan fingerprint density at radius 2 is 1.79 bits per heavy atom. The predicted molar refractivity (Wildman–Crippen MR) is 142 cm³/mol. The van der Waals surface area contributed by atoms with Crippen LogP contribution >= 0.6 is 23.2 Å². The summed E-state index contributed by atoms with van der Waals surface area (Å²) >= 11 is 12.2. The quantitative estimate of drug-likeness (QED) is 0.417. The van der Waals surface area contributed by atoms with Gasteiger partial charge in [-0.15, -0.1) is 0 Å². The lowest BCUT2D eigenvalue weighted by molar-refractivity contribution is -0.127. The number of anilines is 1. The second kappa shape index (κ2) is 9.15. The van der Waals surface area contributed by atoms with E-state index in [1.807, 2.05) is 20.8 Å². The Labute approximate surface area is 230 Å². The van der Waals surface area contributed by atoms with Crippen LogP contribution in [0.3, 0.4) is 0 Å². The molecule has 4 atom stereocenters. The molecule has 3 aliphatic rings. The van der Waals surface area contributed by atoms with E-state index in [4.69, 9.17) is 23.2 Å². The first-order valence-electron chi connectivity index (χ1n) is 12.7. The Morgan fingerprint density at radius 1 is 1.13 bits per heavy atom. The maximum atomic E-state index is 15.7. The summed E-state index contributed by atoms with van der Waals surface area (Å²) in [4.78, 5) is 27.8. The topological polar surface area (TPSA) is 90.5 Å². The zero-order valence-electron chi connectivity index (χ0n) is 21.6. The van der Waals surface area contributed by atoms with Crippen molar-refractivity contribution in [1.82, 2.24) is 10.6 Å². The molecule has 2 aromatic rings. The van der Waals surface area contributed by atoms with Crippen LogP contribution in [-0.4, -0.2) is 40.6 Å². The monoisotopic (exact) mass is 565 g/mol. The van der Waals surface area contributed by atoms with Gasteiger partial charge in [0.1, 0.15) is 11.2 Å². The van der Waals surface area contributed by atoms with Gasteiger partial charge in [0.05, 0.1) is 27.4 Å². The van der Waals surface area contributed by atoms with E-state index in [-0.39, 0.29) is 32.8 Å². The smallest absolute Gasteiger partial charge is 0.238 e. The molecule has 2 aromatic carbocycles. The molecule has 5 rings (SSSR count). The second-order valence-corrected chi connectivity index (χ2v) is 13.1. The van der Waals surface area contributed by atoms with Crippen LogP contribution in [0.2, 0.25) is 10.0 Å². The molecule has 0 bridgehead atoms. The van der Waals surface area contributed by atoms with Crippen LogP contribution in [0.25, 0.3) is 0 Å². The SMILES string of the molecule is CC(C)(C)CC1NC(C(=O)NC2CC(C)(O)C2)C(c2cccc(Cl)c2F)C12C(=O)Nc1c2ccc(Cl)c1F. The van der Waals surface area contributed by atoms with Crippen molar-refractivity contribution in [2.24, 2.45) is 5.41 Å². The van der Waals surface area contributed by atoms with Gasteiger partial charge >= 0.3 is 0 Å². The third kappa shape index (κ3) is 4.30. The summed E-state index contributed by atoms with van der Waals surface area (Å²) < 4.78 is 31.0. The normalized spacial score (nSPS) is 32.2. The van der Waals surface area contributed by atoms with Gasteiger partial charge in [-0.2, -0.15) is 0 Å². The number of halogens is 4. The summed E-state index contributed by atoms with van der Waals surface area (Å²) in [7, 11) is 0. The Balaban J connectivity index is 1.71. The van der Waals surface area contributed by atoms with Crippen molar-refractivity contribution >= 4 is 40.7 Å². The van der Waals surface area contributed by atoms with Crippen LogP contribution in [-0.2, 0) is 15.0 Å². The average molecular weight is 566 g/mol. The third-order valence-corrected chi connectivity index (χ3v) is 8.63. The Bertz CT molecular complexity index is 1320. The van der Waals surface area contributed by atoms with Gasteiger partial charge in [-0.3, -0.25) is 9.59 Å². The molecule has 6 nitrogen and oxygen atoms in total. The standard InChI is InChI=1S/C28H31Cl2F2N3O3/c1-26(2,3)12-18-28(15-8-9-17(30)21(32)22(15)35-25(28)37)19(14-6-5-7-16(29)20(14)31)23(34-18)24(36)33-13-10-27(4,38)11-13/h5-9,13,18-19,23,34,38H,10-12H2,1-4H3,(H,33,36)(H,35,37). The largest absolute Gasteiger partial charge is 0.390 e. The van der Waals surface area contributed by atoms with Gasteiger partial charge in [-0.25, -0.2) is 8.78 Å². The van der Waals surface area contributed by atoms with Gasteiger partial charge in [0.25, 0.3) is 0 Å². The summed E-state index contributed by atoms with van der Waals surface area (Å²) in [5.74, 6) is -3.55. The molecule has 4 unspecified atom stereocenters. The third-order valence-electron chi connectivity index (χ3n) is 8.04. The lowest BCUT2D eigenvalue weighted by atomic mass is 9.62. The minimum absolute atomic E-state index is 0.0632. The van der Waals surface area contributed by atoms with E-state index < -0.39 is 52.5 Å². The second-order valence-electron chi connectivity index (χ2n) is 12.3.